The molecule has 4 heterocycles. The van der Waals surface area contributed by atoms with Gasteiger partial charge in [-0.3, -0.25) is 5.43 Å². The van der Waals surface area contributed by atoms with Crippen molar-refractivity contribution in [2.75, 3.05) is 67.8 Å². The molecule has 0 atom stereocenters. The second-order valence-electron chi connectivity index (χ2n) is 9.34. The number of nitrogens with one attached hydrogen (secondary N) is 1. The van der Waals surface area contributed by atoms with Gasteiger partial charge in [-0.05, 0) is 23.8 Å². The molecule has 2 aliphatic rings. The van der Waals surface area contributed by atoms with Gasteiger partial charge in [0.15, 0.2) is 5.82 Å². The molecule has 2 aromatic carbocycles. The number of benzene rings is 2. The molecule has 2 saturated heterocycles. The highest BCUT2D eigenvalue weighted by Crippen LogP contribution is 2.24. The molecule has 0 saturated carbocycles. The average Bonchev–Trinajstić information content (AvgIpc) is 3.32. The molecule has 2 fully saturated rings. The summed E-state index contributed by atoms with van der Waals surface area (Å²) >= 11 is 6.07. The van der Waals surface area contributed by atoms with E-state index in [-0.39, 0.29) is 0 Å². The van der Waals surface area contributed by atoms with E-state index in [1.165, 1.54) is 5.56 Å². The number of halogens is 1. The fraction of sp³-hybridized carbons (Fsp3) is 0.321. The predicted octanol–water partition coefficient (Wildman–Crippen LogP) is 4.25. The lowest BCUT2D eigenvalue weighted by Gasteiger charge is -2.31. The maximum atomic E-state index is 6.07. The second-order valence-corrected chi connectivity index (χ2v) is 9.77. The van der Waals surface area contributed by atoms with Gasteiger partial charge >= 0.3 is 0 Å². The van der Waals surface area contributed by atoms with Gasteiger partial charge < -0.3 is 23.8 Å². The Hall–Kier alpha value is -3.66. The third kappa shape index (κ3) is 5.60. The summed E-state index contributed by atoms with van der Waals surface area (Å²) in [5.41, 5.74) is 6.52. The summed E-state index contributed by atoms with van der Waals surface area (Å²) in [6.45, 7) is 6.61. The van der Waals surface area contributed by atoms with Gasteiger partial charge in [-0.25, -0.2) is 0 Å². The Kier molecular flexibility index (Phi) is 7.39. The van der Waals surface area contributed by atoms with Crippen LogP contribution < -0.4 is 15.2 Å². The molecular weight excluding hydrogens is 502 g/mol. The van der Waals surface area contributed by atoms with Crippen LogP contribution in [0.3, 0.4) is 0 Å². The lowest BCUT2D eigenvalue weighted by atomic mass is 10.2. The van der Waals surface area contributed by atoms with Gasteiger partial charge in [0.2, 0.25) is 5.95 Å². The second kappa shape index (κ2) is 11.4. The Balaban J connectivity index is 1.25. The normalized spacial score (nSPS) is 16.4. The van der Waals surface area contributed by atoms with Crippen LogP contribution in [0.2, 0.25) is 5.02 Å². The van der Waals surface area contributed by atoms with Gasteiger partial charge in [0.05, 0.1) is 32.6 Å². The summed E-state index contributed by atoms with van der Waals surface area (Å²) in [7, 11) is 0. The number of anilines is 3. The molecule has 0 bridgehead atoms. The Labute approximate surface area is 226 Å². The van der Waals surface area contributed by atoms with Crippen molar-refractivity contribution in [1.82, 2.24) is 14.5 Å². The van der Waals surface area contributed by atoms with Crippen LogP contribution in [0.25, 0.3) is 10.9 Å². The Morgan fingerprint density at radius 2 is 1.61 bits per heavy atom. The lowest BCUT2D eigenvalue weighted by molar-refractivity contribution is 0.121. The predicted molar refractivity (Wildman–Crippen MR) is 152 cm³/mol. The first-order valence-corrected chi connectivity index (χ1v) is 13.3. The number of rotatable bonds is 7. The highest BCUT2D eigenvalue weighted by atomic mass is 35.5. The Morgan fingerprint density at radius 1 is 0.895 bits per heavy atom. The number of hydrogen-bond donors (Lipinski definition) is 1. The summed E-state index contributed by atoms with van der Waals surface area (Å²) in [5, 5.41) is 6.46. The van der Waals surface area contributed by atoms with E-state index < -0.39 is 0 Å². The zero-order valence-corrected chi connectivity index (χ0v) is 21.8. The molecule has 38 heavy (non-hydrogen) atoms. The zero-order chi connectivity index (χ0) is 25.7. The van der Waals surface area contributed by atoms with Crippen molar-refractivity contribution in [3.05, 3.63) is 76.9 Å². The minimum Gasteiger partial charge on any atom is -0.378 e. The molecule has 4 aromatic rings. The van der Waals surface area contributed by atoms with Gasteiger partial charge in [0.1, 0.15) is 5.82 Å². The lowest BCUT2D eigenvalue weighted by Crippen LogP contribution is -2.39. The number of morpholine rings is 2. The topological polar surface area (TPSA) is 80.0 Å². The molecule has 196 valence electrons. The first-order valence-electron chi connectivity index (χ1n) is 12.9. The molecule has 0 spiro atoms. The van der Waals surface area contributed by atoms with Crippen LogP contribution in [-0.2, 0) is 16.0 Å². The summed E-state index contributed by atoms with van der Waals surface area (Å²) in [4.78, 5) is 14.0. The molecular formula is C28H30ClN7O2. The molecule has 6 rings (SSSR count). The smallest absolute Gasteiger partial charge is 0.229 e. The van der Waals surface area contributed by atoms with E-state index in [9.17, 15) is 0 Å². The highest BCUT2D eigenvalue weighted by molar-refractivity contribution is 6.30. The van der Waals surface area contributed by atoms with Crippen molar-refractivity contribution in [3.63, 3.8) is 0 Å². The van der Waals surface area contributed by atoms with E-state index in [2.05, 4.69) is 61.4 Å². The van der Waals surface area contributed by atoms with Crippen molar-refractivity contribution in [2.45, 2.75) is 6.54 Å². The maximum absolute atomic E-state index is 6.07. The fourth-order valence-electron chi connectivity index (χ4n) is 4.80. The fourth-order valence-corrected chi connectivity index (χ4v) is 4.93. The summed E-state index contributed by atoms with van der Waals surface area (Å²) in [5.74, 6) is 2.22. The monoisotopic (exact) mass is 531 g/mol. The van der Waals surface area contributed by atoms with Crippen LogP contribution in [-0.4, -0.2) is 73.4 Å². The zero-order valence-electron chi connectivity index (χ0n) is 21.1. The van der Waals surface area contributed by atoms with E-state index in [1.807, 2.05) is 30.5 Å². The SMILES string of the molecule is Clc1ccc(Cn2cc(/C=N/Nc3cc(N4CCOCC4)nc(N4CCOCC4)n3)c3ccccc32)cc1. The van der Waals surface area contributed by atoms with Crippen molar-refractivity contribution >= 4 is 46.3 Å². The van der Waals surface area contributed by atoms with Crippen molar-refractivity contribution < 1.29 is 9.47 Å². The molecule has 0 unspecified atom stereocenters. The summed E-state index contributed by atoms with van der Waals surface area (Å²) in [6.07, 6.45) is 3.98. The summed E-state index contributed by atoms with van der Waals surface area (Å²) < 4.78 is 13.3. The van der Waals surface area contributed by atoms with Crippen LogP contribution in [0.5, 0.6) is 0 Å². The number of hydrazone groups is 1. The molecule has 9 nitrogen and oxygen atoms in total. The average molecular weight is 532 g/mol. The molecule has 2 aliphatic heterocycles. The van der Waals surface area contributed by atoms with Crippen LogP contribution in [0.1, 0.15) is 11.1 Å². The summed E-state index contributed by atoms with van der Waals surface area (Å²) in [6, 6.07) is 18.3. The standard InChI is InChI=1S/C28H30ClN7O2/c29-23-7-5-21(6-8-23)19-36-20-22(24-3-1-2-4-25(24)36)18-30-33-26-17-27(34-9-13-37-14-10-34)32-28(31-26)35-11-15-38-16-12-35/h1-8,17-18,20H,9-16,19H2,(H,31,32,33)/b30-18+. The molecule has 10 heteroatoms. The number of nitrogens with zero attached hydrogens (tertiary/aromatic N) is 6. The van der Waals surface area contributed by atoms with Crippen LogP contribution in [0.4, 0.5) is 17.6 Å². The Morgan fingerprint density at radius 3 is 2.37 bits per heavy atom. The van der Waals surface area contributed by atoms with E-state index in [4.69, 9.17) is 31.0 Å². The number of para-hydroxylation sites is 1. The third-order valence-electron chi connectivity index (χ3n) is 6.80. The van der Waals surface area contributed by atoms with Crippen LogP contribution >= 0.6 is 11.6 Å². The molecule has 2 aromatic heterocycles. The third-order valence-corrected chi connectivity index (χ3v) is 7.05. The van der Waals surface area contributed by atoms with E-state index in [1.54, 1.807) is 0 Å². The van der Waals surface area contributed by atoms with Crippen molar-refractivity contribution in [1.29, 1.82) is 0 Å². The van der Waals surface area contributed by atoms with Crippen LogP contribution in [0.15, 0.2) is 65.9 Å². The minimum atomic E-state index is 0.657. The van der Waals surface area contributed by atoms with E-state index >= 15 is 0 Å². The van der Waals surface area contributed by atoms with Gasteiger partial charge in [0, 0.05) is 66.5 Å². The molecule has 0 radical (unpaired) electrons. The van der Waals surface area contributed by atoms with Gasteiger partial charge in [-0.1, -0.05) is 41.9 Å². The van der Waals surface area contributed by atoms with E-state index in [0.717, 1.165) is 60.0 Å². The number of hydrogen-bond acceptors (Lipinski definition) is 8. The minimum absolute atomic E-state index is 0.657. The van der Waals surface area contributed by atoms with Crippen molar-refractivity contribution in [3.8, 4) is 0 Å². The number of ether oxygens (including phenoxy) is 2. The van der Waals surface area contributed by atoms with E-state index in [0.29, 0.717) is 38.2 Å². The number of aromatic nitrogens is 3. The van der Waals surface area contributed by atoms with Crippen molar-refractivity contribution in [2.24, 2.45) is 5.10 Å². The van der Waals surface area contributed by atoms with Gasteiger partial charge in [-0.2, -0.15) is 15.1 Å². The first-order chi connectivity index (χ1) is 18.7. The quantitative estimate of drug-likeness (QED) is 0.282. The molecule has 0 amide bonds. The molecule has 1 N–H and O–H groups in total. The maximum Gasteiger partial charge on any atom is 0.229 e. The van der Waals surface area contributed by atoms with Gasteiger partial charge in [0.25, 0.3) is 0 Å². The Bertz CT molecular complexity index is 1370. The van der Waals surface area contributed by atoms with Crippen LogP contribution in [0, 0.1) is 0 Å². The largest absolute Gasteiger partial charge is 0.378 e. The highest BCUT2D eigenvalue weighted by Gasteiger charge is 2.19. The number of fused-ring (bicyclic) bond motifs is 1. The van der Waals surface area contributed by atoms with Gasteiger partial charge in [-0.15, -0.1) is 0 Å². The molecule has 0 aliphatic carbocycles. The first kappa shape index (κ1) is 24.7.